The van der Waals surface area contributed by atoms with Gasteiger partial charge in [0.25, 0.3) is 10.1 Å². The van der Waals surface area contributed by atoms with E-state index in [1.54, 1.807) is 6.92 Å². The fraction of sp³-hybridized carbons (Fsp3) is 0.333. The summed E-state index contributed by atoms with van der Waals surface area (Å²) < 4.78 is 35.2. The third-order valence-corrected chi connectivity index (χ3v) is 2.48. The number of benzene rings is 1. The fourth-order valence-electron chi connectivity index (χ4n) is 0.925. The molecule has 0 fully saturated rings. The zero-order valence-corrected chi connectivity index (χ0v) is 8.94. The van der Waals surface area contributed by atoms with E-state index in [1.165, 1.54) is 24.3 Å². The van der Waals surface area contributed by atoms with Gasteiger partial charge in [0.1, 0.15) is 12.4 Å². The Morgan fingerprint density at radius 3 is 2.27 bits per heavy atom. The summed E-state index contributed by atoms with van der Waals surface area (Å²) in [7, 11) is -4.16. The van der Waals surface area contributed by atoms with Crippen LogP contribution in [0.3, 0.4) is 0 Å². The van der Waals surface area contributed by atoms with Crippen LogP contribution in [0, 0.1) is 0 Å². The van der Waals surface area contributed by atoms with Crippen LogP contribution >= 0.6 is 0 Å². The van der Waals surface area contributed by atoms with Crippen LogP contribution in [-0.4, -0.2) is 30.8 Å². The van der Waals surface area contributed by atoms with Gasteiger partial charge in [0.2, 0.25) is 0 Å². The zero-order chi connectivity index (χ0) is 11.5. The highest BCUT2D eigenvalue weighted by atomic mass is 32.2. The number of hydrogen-bond acceptors (Lipinski definition) is 4. The van der Waals surface area contributed by atoms with Crippen molar-refractivity contribution >= 4 is 10.1 Å². The predicted molar refractivity (Wildman–Crippen MR) is 53.4 cm³/mol. The lowest BCUT2D eigenvalue weighted by atomic mass is 10.3. The van der Waals surface area contributed by atoms with Gasteiger partial charge in [-0.15, -0.1) is 0 Å². The van der Waals surface area contributed by atoms with Gasteiger partial charge in [-0.05, 0) is 31.2 Å². The summed E-state index contributed by atoms with van der Waals surface area (Å²) in [6.45, 7) is 1.71. The first-order valence-electron chi connectivity index (χ1n) is 4.28. The first-order valence-corrected chi connectivity index (χ1v) is 5.72. The molecule has 1 rings (SSSR count). The van der Waals surface area contributed by atoms with Crippen molar-refractivity contribution in [1.29, 1.82) is 0 Å². The van der Waals surface area contributed by atoms with Crippen molar-refractivity contribution in [3.63, 3.8) is 0 Å². The lowest BCUT2D eigenvalue weighted by Crippen LogP contribution is -2.12. The lowest BCUT2D eigenvalue weighted by molar-refractivity contribution is 0.122. The minimum atomic E-state index is -4.16. The van der Waals surface area contributed by atoms with Crippen molar-refractivity contribution in [3.05, 3.63) is 24.3 Å². The van der Waals surface area contributed by atoms with Crippen LogP contribution in [0.15, 0.2) is 29.2 Å². The van der Waals surface area contributed by atoms with Gasteiger partial charge < -0.3 is 9.84 Å². The Balaban J connectivity index is 2.73. The van der Waals surface area contributed by atoms with Crippen molar-refractivity contribution in [3.8, 4) is 5.75 Å². The Kier molecular flexibility index (Phi) is 3.67. The maximum atomic E-state index is 10.7. The maximum absolute atomic E-state index is 10.7. The molecule has 1 aromatic carbocycles. The van der Waals surface area contributed by atoms with Crippen LogP contribution in [0.2, 0.25) is 0 Å². The second kappa shape index (κ2) is 4.61. The minimum absolute atomic E-state index is 0.130. The van der Waals surface area contributed by atoms with E-state index in [-0.39, 0.29) is 11.5 Å². The maximum Gasteiger partial charge on any atom is 0.294 e. The molecule has 5 nitrogen and oxygen atoms in total. The van der Waals surface area contributed by atoms with Gasteiger partial charge in [0.15, 0.2) is 0 Å². The standard InChI is InChI=1S/C9H12O5S/c1-7(10)6-14-8-2-4-9(5-3-8)15(11,12)13/h2-5,7,10H,6H2,1H3,(H,11,12,13). The third-order valence-electron chi connectivity index (χ3n) is 1.61. The second-order valence-electron chi connectivity index (χ2n) is 3.11. The highest BCUT2D eigenvalue weighted by Crippen LogP contribution is 2.15. The molecule has 0 heterocycles. The van der Waals surface area contributed by atoms with Crippen molar-refractivity contribution in [2.75, 3.05) is 6.61 Å². The number of aliphatic hydroxyl groups is 1. The molecule has 1 atom stereocenters. The first-order chi connectivity index (χ1) is 6.89. The lowest BCUT2D eigenvalue weighted by Gasteiger charge is -2.07. The summed E-state index contributed by atoms with van der Waals surface area (Å²) in [6.07, 6.45) is -0.591. The van der Waals surface area contributed by atoms with Crippen molar-refractivity contribution in [2.45, 2.75) is 17.9 Å². The van der Waals surface area contributed by atoms with E-state index in [9.17, 15) is 8.42 Å². The van der Waals surface area contributed by atoms with E-state index in [2.05, 4.69) is 0 Å². The molecule has 0 saturated carbocycles. The van der Waals surface area contributed by atoms with Crippen LogP contribution in [0.5, 0.6) is 5.75 Å². The Morgan fingerprint density at radius 2 is 1.87 bits per heavy atom. The molecule has 0 aliphatic rings. The molecule has 0 amide bonds. The van der Waals surface area contributed by atoms with E-state index in [4.69, 9.17) is 14.4 Å². The normalized spacial score (nSPS) is 13.5. The molecule has 0 saturated heterocycles. The van der Waals surface area contributed by atoms with Gasteiger partial charge in [0, 0.05) is 0 Å². The van der Waals surface area contributed by atoms with Crippen LogP contribution in [0.25, 0.3) is 0 Å². The molecular formula is C9H12O5S. The quantitative estimate of drug-likeness (QED) is 0.746. The average molecular weight is 232 g/mol. The molecule has 0 spiro atoms. The molecule has 0 aromatic heterocycles. The topological polar surface area (TPSA) is 83.8 Å². The number of hydrogen-bond donors (Lipinski definition) is 2. The molecule has 15 heavy (non-hydrogen) atoms. The molecule has 2 N–H and O–H groups in total. The second-order valence-corrected chi connectivity index (χ2v) is 4.53. The van der Waals surface area contributed by atoms with Crippen molar-refractivity contribution in [1.82, 2.24) is 0 Å². The summed E-state index contributed by atoms with van der Waals surface area (Å²) in [4.78, 5) is -0.188. The summed E-state index contributed by atoms with van der Waals surface area (Å²) in [5.41, 5.74) is 0. The summed E-state index contributed by atoms with van der Waals surface area (Å²) >= 11 is 0. The molecule has 0 aliphatic heterocycles. The van der Waals surface area contributed by atoms with Crippen LogP contribution in [0.1, 0.15) is 6.92 Å². The Labute approximate surface area is 88.1 Å². The average Bonchev–Trinajstić information content (AvgIpc) is 2.14. The summed E-state index contributed by atoms with van der Waals surface area (Å²) in [5, 5.41) is 8.94. The Morgan fingerprint density at radius 1 is 1.33 bits per heavy atom. The number of rotatable bonds is 4. The highest BCUT2D eigenvalue weighted by Gasteiger charge is 2.08. The van der Waals surface area contributed by atoms with E-state index in [0.29, 0.717) is 5.75 Å². The Bertz CT molecular complexity index is 407. The van der Waals surface area contributed by atoms with Gasteiger partial charge >= 0.3 is 0 Å². The minimum Gasteiger partial charge on any atom is -0.491 e. The van der Waals surface area contributed by atoms with Crippen LogP contribution < -0.4 is 4.74 Å². The van der Waals surface area contributed by atoms with Gasteiger partial charge in [-0.3, -0.25) is 4.55 Å². The molecule has 1 unspecified atom stereocenters. The van der Waals surface area contributed by atoms with Gasteiger partial charge in [-0.1, -0.05) is 0 Å². The van der Waals surface area contributed by atoms with Gasteiger partial charge in [0.05, 0.1) is 11.0 Å². The third kappa shape index (κ3) is 3.86. The first kappa shape index (κ1) is 12.0. The Hall–Kier alpha value is -1.11. The largest absolute Gasteiger partial charge is 0.491 e. The van der Waals surface area contributed by atoms with Crippen molar-refractivity contribution in [2.24, 2.45) is 0 Å². The zero-order valence-electron chi connectivity index (χ0n) is 8.12. The number of ether oxygens (including phenoxy) is 1. The van der Waals surface area contributed by atoms with E-state index in [0.717, 1.165) is 0 Å². The SMILES string of the molecule is CC(O)COc1ccc(S(=O)(=O)O)cc1. The monoisotopic (exact) mass is 232 g/mol. The van der Waals surface area contributed by atoms with E-state index >= 15 is 0 Å². The van der Waals surface area contributed by atoms with Crippen LogP contribution in [-0.2, 0) is 10.1 Å². The molecule has 84 valence electrons. The summed E-state index contributed by atoms with van der Waals surface area (Å²) in [6, 6.07) is 5.27. The molecule has 0 aliphatic carbocycles. The van der Waals surface area contributed by atoms with Gasteiger partial charge in [-0.25, -0.2) is 0 Å². The molecule has 0 radical (unpaired) electrons. The fourth-order valence-corrected chi connectivity index (χ4v) is 1.40. The smallest absolute Gasteiger partial charge is 0.294 e. The van der Waals surface area contributed by atoms with E-state index < -0.39 is 16.2 Å². The van der Waals surface area contributed by atoms with Crippen molar-refractivity contribution < 1.29 is 22.8 Å². The predicted octanol–water partition coefficient (Wildman–Crippen LogP) is 0.693. The van der Waals surface area contributed by atoms with Gasteiger partial charge in [-0.2, -0.15) is 8.42 Å². The van der Waals surface area contributed by atoms with Crippen LogP contribution in [0.4, 0.5) is 0 Å². The number of aliphatic hydroxyl groups excluding tert-OH is 1. The molecular weight excluding hydrogens is 220 g/mol. The molecule has 0 bridgehead atoms. The molecule has 6 heteroatoms. The molecule has 1 aromatic rings. The summed E-state index contributed by atoms with van der Waals surface area (Å²) in [5.74, 6) is 0.434. The van der Waals surface area contributed by atoms with E-state index in [1.807, 2.05) is 0 Å². The highest BCUT2D eigenvalue weighted by molar-refractivity contribution is 7.85.